The van der Waals surface area contributed by atoms with E-state index in [0.29, 0.717) is 11.6 Å². The molecular formula is C49H31N3OS. The minimum Gasteiger partial charge on any atom is -0.455 e. The van der Waals surface area contributed by atoms with Gasteiger partial charge in [-0.05, 0) is 64.2 Å². The average Bonchev–Trinajstić information content (AvgIpc) is 3.81. The molecule has 1 aliphatic rings. The van der Waals surface area contributed by atoms with E-state index >= 15 is 0 Å². The molecule has 0 fully saturated rings. The van der Waals surface area contributed by atoms with Gasteiger partial charge >= 0.3 is 0 Å². The fourth-order valence-corrected chi connectivity index (χ4v) is 9.03. The number of aromatic nitrogens is 3. The maximum absolute atomic E-state index is 6.77. The summed E-state index contributed by atoms with van der Waals surface area (Å²) < 4.78 is 9.35. The summed E-state index contributed by atoms with van der Waals surface area (Å²) in [5.74, 6) is 2.12. The molecule has 3 heterocycles. The van der Waals surface area contributed by atoms with Crippen LogP contribution >= 0.6 is 11.3 Å². The van der Waals surface area contributed by atoms with E-state index in [4.69, 9.17) is 19.4 Å². The molecule has 1 unspecified atom stereocenters. The van der Waals surface area contributed by atoms with Crippen LogP contribution in [0.1, 0.15) is 18.2 Å². The van der Waals surface area contributed by atoms with Crippen LogP contribution < -0.4 is 0 Å². The minimum absolute atomic E-state index is 0.0621. The van der Waals surface area contributed by atoms with Crippen LogP contribution in [0.5, 0.6) is 0 Å². The zero-order valence-corrected chi connectivity index (χ0v) is 29.9. The second-order valence-electron chi connectivity index (χ2n) is 13.9. The Labute approximate surface area is 315 Å². The monoisotopic (exact) mass is 709 g/mol. The lowest BCUT2D eigenvalue weighted by molar-refractivity contribution is 0.670. The summed E-state index contributed by atoms with van der Waals surface area (Å²) in [5, 5.41) is 7.12. The molecule has 0 amide bonds. The normalized spacial score (nSPS) is 14.3. The van der Waals surface area contributed by atoms with E-state index in [1.807, 2.05) is 29.5 Å². The van der Waals surface area contributed by atoms with E-state index < -0.39 is 0 Å². The maximum Gasteiger partial charge on any atom is 0.164 e. The lowest BCUT2D eigenvalue weighted by atomic mass is 9.98. The van der Waals surface area contributed by atoms with Crippen LogP contribution in [0.3, 0.4) is 0 Å². The Kier molecular flexibility index (Phi) is 7.13. The van der Waals surface area contributed by atoms with Crippen LogP contribution in [-0.4, -0.2) is 15.0 Å². The average molecular weight is 710 g/mol. The number of nitrogens with zero attached hydrogens (tertiary/aromatic N) is 3. The molecule has 54 heavy (non-hydrogen) atoms. The van der Waals surface area contributed by atoms with Gasteiger partial charge in [0.15, 0.2) is 11.6 Å². The highest BCUT2D eigenvalue weighted by molar-refractivity contribution is 7.25. The van der Waals surface area contributed by atoms with Gasteiger partial charge in [0.1, 0.15) is 17.0 Å². The zero-order valence-electron chi connectivity index (χ0n) is 29.1. The van der Waals surface area contributed by atoms with Gasteiger partial charge in [0.05, 0.1) is 0 Å². The van der Waals surface area contributed by atoms with Gasteiger partial charge in [-0.1, -0.05) is 140 Å². The first kappa shape index (κ1) is 30.9. The van der Waals surface area contributed by atoms with E-state index in [1.54, 1.807) is 0 Å². The summed E-state index contributed by atoms with van der Waals surface area (Å²) in [5.41, 5.74) is 8.06. The number of thiophene rings is 1. The van der Waals surface area contributed by atoms with E-state index in [0.717, 1.165) is 62.0 Å². The highest BCUT2D eigenvalue weighted by Gasteiger charge is 2.22. The SMILES string of the molecule is C1=CCC(c2nc(-c3ccc(-c4ccccc4)cc3)nc(-c3cccc4oc5c(-c6ccc7sc8cc9ccccc9cc8c7c6)cccc5c34)n2)C=C1. The summed E-state index contributed by atoms with van der Waals surface area (Å²) in [6.07, 6.45) is 9.35. The van der Waals surface area contributed by atoms with Crippen molar-refractivity contribution in [1.82, 2.24) is 15.0 Å². The van der Waals surface area contributed by atoms with Crippen molar-refractivity contribution in [2.24, 2.45) is 0 Å². The van der Waals surface area contributed by atoms with Crippen molar-refractivity contribution in [3.05, 3.63) is 176 Å². The van der Waals surface area contributed by atoms with Gasteiger partial charge in [-0.2, -0.15) is 0 Å². The third-order valence-corrected chi connectivity index (χ3v) is 11.8. The Morgan fingerprint density at radius 3 is 2.09 bits per heavy atom. The van der Waals surface area contributed by atoms with Crippen molar-refractivity contribution in [2.75, 3.05) is 0 Å². The lowest BCUT2D eigenvalue weighted by Gasteiger charge is -2.15. The van der Waals surface area contributed by atoms with Crippen LogP contribution in [0.25, 0.3) is 97.9 Å². The summed E-state index contributed by atoms with van der Waals surface area (Å²) in [7, 11) is 0. The number of furan rings is 1. The molecule has 0 saturated carbocycles. The molecule has 7 aromatic carbocycles. The molecule has 254 valence electrons. The molecule has 1 atom stereocenters. The summed E-state index contributed by atoms with van der Waals surface area (Å²) >= 11 is 1.85. The molecular weight excluding hydrogens is 679 g/mol. The number of hydrogen-bond donors (Lipinski definition) is 0. The first-order valence-corrected chi connectivity index (χ1v) is 19.1. The molecule has 0 saturated heterocycles. The van der Waals surface area contributed by atoms with E-state index in [1.165, 1.54) is 36.5 Å². The highest BCUT2D eigenvalue weighted by Crippen LogP contribution is 2.43. The molecule has 0 N–H and O–H groups in total. The quantitative estimate of drug-likeness (QED) is 0.178. The van der Waals surface area contributed by atoms with Crippen molar-refractivity contribution in [3.8, 4) is 45.0 Å². The van der Waals surface area contributed by atoms with Crippen LogP contribution in [0.2, 0.25) is 0 Å². The number of para-hydroxylation sites is 1. The van der Waals surface area contributed by atoms with Crippen LogP contribution in [-0.2, 0) is 0 Å². The Hall–Kier alpha value is -6.69. The predicted octanol–water partition coefficient (Wildman–Crippen LogP) is 13.6. The fourth-order valence-electron chi connectivity index (χ4n) is 7.91. The molecule has 0 aliphatic heterocycles. The first-order valence-electron chi connectivity index (χ1n) is 18.3. The smallest absolute Gasteiger partial charge is 0.164 e. The maximum atomic E-state index is 6.77. The van der Waals surface area contributed by atoms with Crippen molar-refractivity contribution < 1.29 is 4.42 Å². The van der Waals surface area contributed by atoms with Crippen molar-refractivity contribution in [1.29, 1.82) is 0 Å². The van der Waals surface area contributed by atoms with E-state index in [9.17, 15) is 0 Å². The second-order valence-corrected chi connectivity index (χ2v) is 15.0. The standard InChI is InChI=1S/C49H31N3OS/c1-3-11-30(12-4-1)31-21-23-33(24-22-31)48-50-47(32-13-5-2-6-14-32)51-49(52-48)39-19-10-20-42-45(39)38-18-9-17-37(46(38)53-42)36-25-26-43-40(28-36)41-27-34-15-7-8-16-35(34)29-44(41)54-43/h1-13,15-29,32H,14H2. The third-order valence-electron chi connectivity index (χ3n) is 10.6. The molecule has 1 aliphatic carbocycles. The Morgan fingerprint density at radius 2 is 1.24 bits per heavy atom. The van der Waals surface area contributed by atoms with E-state index in [2.05, 4.69) is 152 Å². The molecule has 0 radical (unpaired) electrons. The Balaban J connectivity index is 1.06. The Bertz CT molecular complexity index is 3140. The zero-order chi connectivity index (χ0) is 35.6. The van der Waals surface area contributed by atoms with Crippen LogP contribution in [0.15, 0.2) is 174 Å². The summed E-state index contributed by atoms with van der Waals surface area (Å²) in [6.45, 7) is 0. The van der Waals surface area contributed by atoms with Crippen LogP contribution in [0, 0.1) is 0 Å². The number of fused-ring (bicyclic) bond motifs is 7. The topological polar surface area (TPSA) is 51.8 Å². The molecule has 10 aromatic rings. The molecule has 0 spiro atoms. The Morgan fingerprint density at radius 1 is 0.519 bits per heavy atom. The number of hydrogen-bond acceptors (Lipinski definition) is 5. The van der Waals surface area contributed by atoms with Gasteiger partial charge in [-0.3, -0.25) is 0 Å². The first-order chi connectivity index (χ1) is 26.7. The number of rotatable bonds is 5. The highest BCUT2D eigenvalue weighted by atomic mass is 32.1. The summed E-state index contributed by atoms with van der Waals surface area (Å²) in [4.78, 5) is 15.4. The van der Waals surface area contributed by atoms with Crippen molar-refractivity contribution >= 4 is 64.2 Å². The van der Waals surface area contributed by atoms with E-state index in [-0.39, 0.29) is 5.92 Å². The predicted molar refractivity (Wildman–Crippen MR) is 225 cm³/mol. The van der Waals surface area contributed by atoms with Crippen molar-refractivity contribution in [3.63, 3.8) is 0 Å². The molecule has 4 nitrogen and oxygen atoms in total. The van der Waals surface area contributed by atoms with Gasteiger partial charge in [-0.15, -0.1) is 11.3 Å². The van der Waals surface area contributed by atoms with Gasteiger partial charge in [-0.25, -0.2) is 15.0 Å². The van der Waals surface area contributed by atoms with Gasteiger partial charge in [0.25, 0.3) is 0 Å². The fraction of sp³-hybridized carbons (Fsp3) is 0.0408. The second kappa shape index (κ2) is 12.5. The van der Waals surface area contributed by atoms with Gasteiger partial charge in [0, 0.05) is 53.6 Å². The largest absolute Gasteiger partial charge is 0.455 e. The molecule has 0 bridgehead atoms. The third kappa shape index (κ3) is 5.16. The summed E-state index contributed by atoms with van der Waals surface area (Å²) in [6, 6.07) is 51.6. The molecule has 3 aromatic heterocycles. The number of allylic oxidation sites excluding steroid dienone is 4. The lowest BCUT2D eigenvalue weighted by Crippen LogP contribution is -2.08. The van der Waals surface area contributed by atoms with Gasteiger partial charge in [0.2, 0.25) is 0 Å². The van der Waals surface area contributed by atoms with Crippen LogP contribution in [0.4, 0.5) is 0 Å². The molecule has 5 heteroatoms. The minimum atomic E-state index is 0.0621. The van der Waals surface area contributed by atoms with Crippen molar-refractivity contribution in [2.45, 2.75) is 12.3 Å². The molecule has 11 rings (SSSR count). The van der Waals surface area contributed by atoms with Gasteiger partial charge < -0.3 is 4.42 Å². The number of benzene rings is 7.